The highest BCUT2D eigenvalue weighted by molar-refractivity contribution is 7.89. The molecule has 0 spiro atoms. The molecule has 0 radical (unpaired) electrons. The summed E-state index contributed by atoms with van der Waals surface area (Å²) in [7, 11) is 1.53. The molecule has 0 aromatic heterocycles. The Balaban J connectivity index is 2.33. The first-order chi connectivity index (χ1) is 9.52. The molecule has 0 aliphatic heterocycles. The molecule has 1 rings (SSSR count). The zero-order valence-corrected chi connectivity index (χ0v) is 12.5. The molecule has 2 amide bonds. The van der Waals surface area contributed by atoms with Gasteiger partial charge in [-0.1, -0.05) is 30.5 Å². The minimum atomic E-state index is -0.355. The smallest absolute Gasteiger partial charge is 0.314 e. The van der Waals surface area contributed by atoms with Gasteiger partial charge in [-0.05, 0) is 18.2 Å². The highest BCUT2D eigenvalue weighted by atomic mass is 32.1. The number of thiocarbonyl (C=S) groups is 2. The molecule has 0 aliphatic rings. The number of hydrogen-bond donors (Lipinski definition) is 4. The van der Waals surface area contributed by atoms with Crippen LogP contribution in [-0.4, -0.2) is 36.1 Å². The number of benzene rings is 1. The lowest BCUT2D eigenvalue weighted by molar-refractivity contribution is 0.243. The van der Waals surface area contributed by atoms with E-state index in [2.05, 4.69) is 21.3 Å². The lowest BCUT2D eigenvalue weighted by atomic mass is 10.3. The molecule has 0 aliphatic carbocycles. The second-order valence-corrected chi connectivity index (χ2v) is 4.54. The van der Waals surface area contributed by atoms with Gasteiger partial charge in [-0.25, -0.2) is 9.18 Å². The van der Waals surface area contributed by atoms with Crippen LogP contribution in [0, 0.1) is 5.82 Å². The summed E-state index contributed by atoms with van der Waals surface area (Å²) in [5.41, 5.74) is 0.530. The van der Waals surface area contributed by atoms with E-state index < -0.39 is 0 Å². The maximum atomic E-state index is 13.0. The van der Waals surface area contributed by atoms with Crippen LogP contribution in [-0.2, 0) is 0 Å². The number of urea groups is 1. The minimum Gasteiger partial charge on any atom is -0.372 e. The number of anilines is 1. The van der Waals surface area contributed by atoms with Crippen LogP contribution in [0.5, 0.6) is 0 Å². The molecule has 108 valence electrons. The summed E-state index contributed by atoms with van der Waals surface area (Å²) in [6, 6.07) is 5.66. The Bertz CT molecular complexity index is 510. The summed E-state index contributed by atoms with van der Waals surface area (Å²) in [6.45, 7) is 0.847. The molecule has 1 aromatic carbocycles. The predicted molar refractivity (Wildman–Crippen MR) is 85.7 cm³/mol. The van der Waals surface area contributed by atoms with Crippen molar-refractivity contribution in [3.8, 4) is 0 Å². The van der Waals surface area contributed by atoms with Gasteiger partial charge in [0.2, 0.25) is 0 Å². The molecule has 8 heteroatoms. The fraction of sp³-hybridized carbons (Fsp3) is 0.250. The SMILES string of the molecule is CNC(=O)NCCNC(=S)C(=S)Nc1cccc(F)c1. The van der Waals surface area contributed by atoms with Crippen molar-refractivity contribution >= 4 is 46.1 Å². The largest absolute Gasteiger partial charge is 0.372 e. The summed E-state index contributed by atoms with van der Waals surface area (Å²) in [5, 5.41) is 10.7. The fourth-order valence-corrected chi connectivity index (χ4v) is 1.62. The Hall–Kier alpha value is -1.80. The monoisotopic (exact) mass is 314 g/mol. The van der Waals surface area contributed by atoms with Crippen molar-refractivity contribution in [2.75, 3.05) is 25.5 Å². The first-order valence-electron chi connectivity index (χ1n) is 5.83. The molecule has 5 nitrogen and oxygen atoms in total. The van der Waals surface area contributed by atoms with Gasteiger partial charge in [0.15, 0.2) is 0 Å². The summed E-state index contributed by atoms with van der Waals surface area (Å²) in [5.74, 6) is -0.355. The number of rotatable bonds is 4. The Morgan fingerprint density at radius 3 is 2.55 bits per heavy atom. The van der Waals surface area contributed by atoms with Gasteiger partial charge in [-0.2, -0.15) is 0 Å². The number of hydrogen-bond acceptors (Lipinski definition) is 3. The van der Waals surface area contributed by atoms with E-state index in [1.54, 1.807) is 12.1 Å². The highest BCUT2D eigenvalue weighted by Gasteiger charge is 2.05. The maximum Gasteiger partial charge on any atom is 0.314 e. The molecule has 0 heterocycles. The molecule has 0 bridgehead atoms. The molecule has 0 fully saturated rings. The van der Waals surface area contributed by atoms with Crippen molar-refractivity contribution in [1.82, 2.24) is 16.0 Å². The van der Waals surface area contributed by atoms with E-state index in [1.165, 1.54) is 19.2 Å². The van der Waals surface area contributed by atoms with Crippen LogP contribution in [0.2, 0.25) is 0 Å². The number of amides is 2. The van der Waals surface area contributed by atoms with Gasteiger partial charge < -0.3 is 21.3 Å². The minimum absolute atomic E-state index is 0.266. The third kappa shape index (κ3) is 5.89. The highest BCUT2D eigenvalue weighted by Crippen LogP contribution is 2.09. The Morgan fingerprint density at radius 2 is 1.90 bits per heavy atom. The summed E-state index contributed by atoms with van der Waals surface area (Å²) < 4.78 is 13.0. The number of carbonyl (C=O) groups is 1. The van der Waals surface area contributed by atoms with E-state index in [0.717, 1.165) is 0 Å². The van der Waals surface area contributed by atoms with Crippen molar-refractivity contribution in [2.45, 2.75) is 0 Å². The van der Waals surface area contributed by atoms with Gasteiger partial charge in [0.05, 0.1) is 0 Å². The Kier molecular flexibility index (Phi) is 6.82. The van der Waals surface area contributed by atoms with E-state index in [-0.39, 0.29) is 11.8 Å². The first-order valence-corrected chi connectivity index (χ1v) is 6.65. The predicted octanol–water partition coefficient (Wildman–Crippen LogP) is 1.41. The molecule has 0 atom stereocenters. The second-order valence-electron chi connectivity index (χ2n) is 3.73. The summed E-state index contributed by atoms with van der Waals surface area (Å²) in [6.07, 6.45) is 0. The zero-order valence-electron chi connectivity index (χ0n) is 10.8. The van der Waals surface area contributed by atoms with Gasteiger partial charge in [0.1, 0.15) is 15.8 Å². The van der Waals surface area contributed by atoms with Gasteiger partial charge in [0, 0.05) is 25.8 Å². The van der Waals surface area contributed by atoms with Gasteiger partial charge in [0.25, 0.3) is 0 Å². The normalized spacial score (nSPS) is 9.50. The van der Waals surface area contributed by atoms with E-state index in [4.69, 9.17) is 24.4 Å². The third-order valence-corrected chi connectivity index (χ3v) is 3.00. The Labute approximate surface area is 127 Å². The first kappa shape index (κ1) is 16.3. The average Bonchev–Trinajstić information content (AvgIpc) is 2.42. The number of halogens is 1. The van der Waals surface area contributed by atoms with Gasteiger partial charge in [-0.3, -0.25) is 0 Å². The molecular formula is C12H15FN4OS2. The fourth-order valence-electron chi connectivity index (χ4n) is 1.27. The van der Waals surface area contributed by atoms with E-state index >= 15 is 0 Å². The van der Waals surface area contributed by atoms with Gasteiger partial charge in [-0.15, -0.1) is 0 Å². The van der Waals surface area contributed by atoms with Crippen molar-refractivity contribution in [1.29, 1.82) is 0 Å². The number of carbonyl (C=O) groups excluding carboxylic acids is 1. The van der Waals surface area contributed by atoms with Crippen LogP contribution < -0.4 is 21.3 Å². The Morgan fingerprint density at radius 1 is 1.20 bits per heavy atom. The topological polar surface area (TPSA) is 65.2 Å². The lowest BCUT2D eigenvalue weighted by Gasteiger charge is -2.11. The summed E-state index contributed by atoms with van der Waals surface area (Å²) in [4.78, 5) is 11.5. The van der Waals surface area contributed by atoms with Crippen LogP contribution in [0.3, 0.4) is 0 Å². The second kappa shape index (κ2) is 8.39. The zero-order chi connectivity index (χ0) is 15.0. The van der Waals surface area contributed by atoms with Crippen LogP contribution in [0.1, 0.15) is 0 Å². The van der Waals surface area contributed by atoms with Crippen molar-refractivity contribution in [3.63, 3.8) is 0 Å². The molecular weight excluding hydrogens is 299 g/mol. The van der Waals surface area contributed by atoms with Crippen LogP contribution in [0.25, 0.3) is 0 Å². The maximum absolute atomic E-state index is 13.0. The molecule has 0 unspecified atom stereocenters. The van der Waals surface area contributed by atoms with Crippen molar-refractivity contribution in [3.05, 3.63) is 30.1 Å². The molecule has 1 aromatic rings. The molecule has 20 heavy (non-hydrogen) atoms. The standard InChI is InChI=1S/C12H15FN4OS2/c1-14-12(18)16-6-5-15-10(19)11(20)17-9-4-2-3-8(13)7-9/h2-4,7H,5-6H2,1H3,(H,15,19)(H,17,20)(H2,14,16,18). The molecule has 0 saturated heterocycles. The van der Waals surface area contributed by atoms with Gasteiger partial charge >= 0.3 is 6.03 Å². The van der Waals surface area contributed by atoms with Crippen molar-refractivity contribution < 1.29 is 9.18 Å². The average molecular weight is 314 g/mol. The van der Waals surface area contributed by atoms with Crippen LogP contribution in [0.15, 0.2) is 24.3 Å². The summed E-state index contributed by atoms with van der Waals surface area (Å²) >= 11 is 10.2. The van der Waals surface area contributed by atoms with Crippen LogP contribution in [0.4, 0.5) is 14.9 Å². The molecule has 0 saturated carbocycles. The van der Waals surface area contributed by atoms with Crippen molar-refractivity contribution in [2.24, 2.45) is 0 Å². The van der Waals surface area contributed by atoms with Crippen LogP contribution >= 0.6 is 24.4 Å². The quantitative estimate of drug-likeness (QED) is 0.500. The van der Waals surface area contributed by atoms with E-state index in [9.17, 15) is 9.18 Å². The number of nitrogens with one attached hydrogen (secondary N) is 4. The van der Waals surface area contributed by atoms with E-state index in [0.29, 0.717) is 28.8 Å². The third-order valence-electron chi connectivity index (χ3n) is 2.21. The lowest BCUT2D eigenvalue weighted by Crippen LogP contribution is -2.40. The molecule has 4 N–H and O–H groups in total. The van der Waals surface area contributed by atoms with E-state index in [1.807, 2.05) is 0 Å².